The number of H-pyrrole nitrogens is 4. The maximum absolute atomic E-state index is 10.9. The Balaban J connectivity index is 0.000000154. The van der Waals surface area contributed by atoms with Crippen molar-refractivity contribution >= 4 is 17.1 Å². The highest BCUT2D eigenvalue weighted by atomic mass is 16.4. The number of aromatic carboxylic acids is 1. The number of nitrogens with one attached hydrogen (secondary N) is 4. The van der Waals surface area contributed by atoms with Gasteiger partial charge in [-0.05, 0) is 0 Å². The van der Waals surface area contributed by atoms with Crippen molar-refractivity contribution in [1.82, 2.24) is 29.9 Å². The molecule has 3 aromatic heterocycles. The molecule has 0 aliphatic heterocycles. The van der Waals surface area contributed by atoms with Gasteiger partial charge in [0.1, 0.15) is 5.69 Å². The normalized spacial score (nSPS) is 9.90. The maximum atomic E-state index is 10.9. The highest BCUT2D eigenvalue weighted by molar-refractivity contribution is 5.84. The van der Waals surface area contributed by atoms with Gasteiger partial charge in [-0.3, -0.25) is 14.6 Å². The number of hydrogen-bond donors (Lipinski definition) is 5. The minimum atomic E-state index is -1.34. The Morgan fingerprint density at radius 2 is 1.71 bits per heavy atom. The zero-order valence-corrected chi connectivity index (χ0v) is 10.2. The summed E-state index contributed by atoms with van der Waals surface area (Å²) in [6.07, 6.45) is 2.76. The van der Waals surface area contributed by atoms with E-state index in [1.165, 1.54) is 12.7 Å². The van der Waals surface area contributed by atoms with Gasteiger partial charge in [-0.2, -0.15) is 0 Å². The molecule has 0 spiro atoms. The van der Waals surface area contributed by atoms with Crippen molar-refractivity contribution in [3.05, 3.63) is 55.6 Å². The summed E-state index contributed by atoms with van der Waals surface area (Å²) in [4.78, 5) is 58.4. The summed E-state index contributed by atoms with van der Waals surface area (Å²) in [6, 6.07) is 0.795. The number of fused-ring (bicyclic) bond motifs is 1. The number of hydrogen-bond acceptors (Lipinski definition) is 6. The third-order valence-corrected chi connectivity index (χ3v) is 2.22. The van der Waals surface area contributed by atoms with Crippen LogP contribution in [0, 0.1) is 0 Å². The van der Waals surface area contributed by atoms with Gasteiger partial charge in [-0.15, -0.1) is 0 Å². The van der Waals surface area contributed by atoms with Gasteiger partial charge in [-0.1, -0.05) is 0 Å². The topological polar surface area (TPSA) is 177 Å². The fraction of sp³-hybridized carbons (Fsp3) is 0. The fourth-order valence-electron chi connectivity index (χ4n) is 1.36. The highest BCUT2D eigenvalue weighted by Gasteiger charge is 2.03. The van der Waals surface area contributed by atoms with Crippen molar-refractivity contribution in [1.29, 1.82) is 0 Å². The lowest BCUT2D eigenvalue weighted by Crippen LogP contribution is -2.24. The van der Waals surface area contributed by atoms with E-state index in [4.69, 9.17) is 5.11 Å². The SMILES string of the molecule is O=C(O)c1cc(=O)[nH]c(=O)[nH]1.O=c1[nH]cnc2nc[nH]c12. The van der Waals surface area contributed by atoms with Crippen molar-refractivity contribution in [3.8, 4) is 0 Å². The Morgan fingerprint density at radius 1 is 1.05 bits per heavy atom. The highest BCUT2D eigenvalue weighted by Crippen LogP contribution is 1.94. The van der Waals surface area contributed by atoms with E-state index in [1.807, 2.05) is 9.97 Å². The molecule has 3 rings (SSSR count). The summed E-state index contributed by atoms with van der Waals surface area (Å²) in [5.74, 6) is -1.34. The van der Waals surface area contributed by atoms with Gasteiger partial charge in [0.05, 0.1) is 12.7 Å². The first-order valence-corrected chi connectivity index (χ1v) is 5.41. The molecule has 0 aromatic carbocycles. The van der Waals surface area contributed by atoms with E-state index in [1.54, 1.807) is 0 Å². The Bertz CT molecular complexity index is 920. The maximum Gasteiger partial charge on any atom is 0.352 e. The predicted molar refractivity (Wildman–Crippen MR) is 69.2 cm³/mol. The molecule has 108 valence electrons. The Hall–Kier alpha value is -3.50. The smallest absolute Gasteiger partial charge is 0.352 e. The van der Waals surface area contributed by atoms with E-state index in [9.17, 15) is 19.2 Å². The zero-order chi connectivity index (χ0) is 15.4. The lowest BCUT2D eigenvalue weighted by Gasteiger charge is -1.89. The van der Waals surface area contributed by atoms with Crippen molar-refractivity contribution < 1.29 is 9.90 Å². The number of aromatic nitrogens is 6. The molecular weight excluding hydrogens is 284 g/mol. The average molecular weight is 292 g/mol. The Kier molecular flexibility index (Phi) is 3.74. The van der Waals surface area contributed by atoms with Gasteiger partial charge < -0.3 is 20.1 Å². The number of carboxylic acids is 1. The first-order valence-electron chi connectivity index (χ1n) is 5.41. The molecule has 0 amide bonds. The monoisotopic (exact) mass is 292 g/mol. The molecular formula is C10H8N6O5. The number of carbonyl (C=O) groups is 1. The van der Waals surface area contributed by atoms with Crippen LogP contribution in [-0.4, -0.2) is 41.0 Å². The summed E-state index contributed by atoms with van der Waals surface area (Å²) in [5, 5.41) is 8.31. The summed E-state index contributed by atoms with van der Waals surface area (Å²) in [7, 11) is 0. The molecule has 11 nitrogen and oxygen atoms in total. The first kappa shape index (κ1) is 13.9. The van der Waals surface area contributed by atoms with Crippen LogP contribution in [0.25, 0.3) is 11.2 Å². The van der Waals surface area contributed by atoms with E-state index in [0.717, 1.165) is 6.07 Å². The lowest BCUT2D eigenvalue weighted by molar-refractivity contribution is 0.0689. The fourth-order valence-corrected chi connectivity index (χ4v) is 1.36. The second-order valence-corrected chi connectivity index (χ2v) is 3.64. The number of carboxylic acid groups (broad SMARTS) is 1. The zero-order valence-electron chi connectivity index (χ0n) is 10.2. The Morgan fingerprint density at radius 3 is 2.29 bits per heavy atom. The molecule has 0 aliphatic carbocycles. The van der Waals surface area contributed by atoms with E-state index in [0.29, 0.717) is 11.2 Å². The van der Waals surface area contributed by atoms with Crippen LogP contribution in [0.15, 0.2) is 33.1 Å². The van der Waals surface area contributed by atoms with E-state index < -0.39 is 22.9 Å². The summed E-state index contributed by atoms with van der Waals surface area (Å²) in [6.45, 7) is 0. The molecule has 11 heteroatoms. The molecule has 0 saturated heterocycles. The van der Waals surface area contributed by atoms with Crippen molar-refractivity contribution in [2.24, 2.45) is 0 Å². The second-order valence-electron chi connectivity index (χ2n) is 3.64. The minimum Gasteiger partial charge on any atom is -0.477 e. The largest absolute Gasteiger partial charge is 0.477 e. The molecule has 0 unspecified atom stereocenters. The van der Waals surface area contributed by atoms with Gasteiger partial charge in [-0.25, -0.2) is 19.6 Å². The van der Waals surface area contributed by atoms with Crippen molar-refractivity contribution in [3.63, 3.8) is 0 Å². The van der Waals surface area contributed by atoms with Gasteiger partial charge in [0, 0.05) is 6.07 Å². The first-order chi connectivity index (χ1) is 9.97. The second kappa shape index (κ2) is 5.64. The van der Waals surface area contributed by atoms with Crippen LogP contribution in [0.5, 0.6) is 0 Å². The summed E-state index contributed by atoms with van der Waals surface area (Å²) >= 11 is 0. The van der Waals surface area contributed by atoms with Crippen LogP contribution in [0.3, 0.4) is 0 Å². The Labute approximate surface area is 113 Å². The van der Waals surface area contributed by atoms with Crippen LogP contribution in [-0.2, 0) is 0 Å². The molecule has 0 saturated carbocycles. The van der Waals surface area contributed by atoms with Crippen LogP contribution >= 0.6 is 0 Å². The molecule has 3 heterocycles. The molecule has 5 N–H and O–H groups in total. The van der Waals surface area contributed by atoms with Gasteiger partial charge in [0.25, 0.3) is 11.1 Å². The van der Waals surface area contributed by atoms with Crippen molar-refractivity contribution in [2.45, 2.75) is 0 Å². The standard InChI is InChI=1S/C5H4N4O.C5H4N2O4/c10-5-3-4(7-1-6-3)8-2-9-5;8-3-1-2(4(9)10)6-5(11)7-3/h1-2H,(H2,6,7,8,9,10);1H,(H,9,10)(H2,6,7,8,11). The van der Waals surface area contributed by atoms with E-state index in [-0.39, 0.29) is 5.56 Å². The summed E-state index contributed by atoms with van der Waals surface area (Å²) < 4.78 is 0. The minimum absolute atomic E-state index is 0.192. The van der Waals surface area contributed by atoms with Crippen LogP contribution < -0.4 is 16.8 Å². The molecule has 0 bridgehead atoms. The molecule has 0 fully saturated rings. The number of nitrogens with zero attached hydrogens (tertiary/aromatic N) is 2. The lowest BCUT2D eigenvalue weighted by atomic mass is 10.4. The van der Waals surface area contributed by atoms with Gasteiger partial charge in [0.15, 0.2) is 11.2 Å². The number of rotatable bonds is 1. The van der Waals surface area contributed by atoms with Crippen LogP contribution in [0.4, 0.5) is 0 Å². The molecule has 21 heavy (non-hydrogen) atoms. The quantitative estimate of drug-likeness (QED) is 0.358. The number of imidazole rings is 1. The molecule has 0 atom stereocenters. The van der Waals surface area contributed by atoms with Crippen molar-refractivity contribution in [2.75, 3.05) is 0 Å². The number of aromatic amines is 4. The van der Waals surface area contributed by atoms with Gasteiger partial charge >= 0.3 is 11.7 Å². The third kappa shape index (κ3) is 3.28. The molecule has 0 radical (unpaired) electrons. The van der Waals surface area contributed by atoms with E-state index in [2.05, 4.69) is 19.9 Å². The average Bonchev–Trinajstić information content (AvgIpc) is 2.88. The molecule has 0 aliphatic rings. The predicted octanol–water partition coefficient (Wildman–Crippen LogP) is -1.59. The van der Waals surface area contributed by atoms with E-state index >= 15 is 0 Å². The van der Waals surface area contributed by atoms with Gasteiger partial charge in [0.2, 0.25) is 0 Å². The van der Waals surface area contributed by atoms with Crippen LogP contribution in [0.2, 0.25) is 0 Å². The summed E-state index contributed by atoms with van der Waals surface area (Å²) in [5.41, 5.74) is -1.30. The molecule has 3 aromatic rings. The third-order valence-electron chi connectivity index (χ3n) is 2.22. The van der Waals surface area contributed by atoms with Crippen LogP contribution in [0.1, 0.15) is 10.5 Å².